The SMILES string of the molecule is NC(=O)c1ccc(N2CCOC2=O)cc1C(N)=O. The van der Waals surface area contributed by atoms with E-state index in [1.54, 1.807) is 0 Å². The van der Waals surface area contributed by atoms with E-state index in [2.05, 4.69) is 0 Å². The number of hydrogen-bond acceptors (Lipinski definition) is 4. The van der Waals surface area contributed by atoms with E-state index in [0.717, 1.165) is 0 Å². The van der Waals surface area contributed by atoms with Gasteiger partial charge >= 0.3 is 6.09 Å². The van der Waals surface area contributed by atoms with Crippen LogP contribution >= 0.6 is 0 Å². The third-order valence-corrected chi connectivity index (χ3v) is 2.61. The molecule has 0 aliphatic carbocycles. The molecule has 1 aromatic carbocycles. The first kappa shape index (κ1) is 11.9. The summed E-state index contributed by atoms with van der Waals surface area (Å²) in [6.45, 7) is 0.662. The third kappa shape index (κ3) is 1.97. The molecule has 1 fully saturated rings. The zero-order valence-electron chi connectivity index (χ0n) is 9.38. The molecule has 1 aliphatic heterocycles. The number of carbonyl (C=O) groups is 3. The molecule has 2 rings (SSSR count). The van der Waals surface area contributed by atoms with Crippen LogP contribution in [-0.4, -0.2) is 31.1 Å². The summed E-state index contributed by atoms with van der Waals surface area (Å²) < 4.78 is 4.78. The highest BCUT2D eigenvalue weighted by atomic mass is 16.6. The molecule has 0 atom stereocenters. The Morgan fingerprint density at radius 1 is 1.17 bits per heavy atom. The monoisotopic (exact) mass is 249 g/mol. The second-order valence-corrected chi connectivity index (χ2v) is 3.72. The van der Waals surface area contributed by atoms with Gasteiger partial charge in [-0.1, -0.05) is 0 Å². The van der Waals surface area contributed by atoms with Crippen LogP contribution in [0.3, 0.4) is 0 Å². The number of hydrogen-bond donors (Lipinski definition) is 2. The normalized spacial score (nSPS) is 14.4. The Morgan fingerprint density at radius 3 is 2.33 bits per heavy atom. The van der Waals surface area contributed by atoms with Gasteiger partial charge in [-0.15, -0.1) is 0 Å². The van der Waals surface area contributed by atoms with Crippen molar-refractivity contribution in [3.8, 4) is 0 Å². The van der Waals surface area contributed by atoms with Crippen molar-refractivity contribution in [1.82, 2.24) is 0 Å². The molecular formula is C11H11N3O4. The topological polar surface area (TPSA) is 116 Å². The second kappa shape index (κ2) is 4.36. The standard InChI is InChI=1S/C11H11N3O4/c12-9(15)7-2-1-6(5-8(7)10(13)16)14-3-4-18-11(14)17/h1-2,5H,3-4H2,(H2,12,15)(H2,13,16). The quantitative estimate of drug-likeness (QED) is 0.774. The van der Waals surface area contributed by atoms with Crippen LogP contribution in [0.2, 0.25) is 0 Å². The molecule has 1 aliphatic rings. The van der Waals surface area contributed by atoms with Crippen molar-refractivity contribution in [3.05, 3.63) is 29.3 Å². The number of carbonyl (C=O) groups excluding carboxylic acids is 3. The van der Waals surface area contributed by atoms with Crippen molar-refractivity contribution in [1.29, 1.82) is 0 Å². The van der Waals surface area contributed by atoms with Crippen molar-refractivity contribution in [2.45, 2.75) is 0 Å². The molecule has 0 bridgehead atoms. The summed E-state index contributed by atoms with van der Waals surface area (Å²) >= 11 is 0. The van der Waals surface area contributed by atoms with Crippen LogP contribution in [0.4, 0.5) is 10.5 Å². The van der Waals surface area contributed by atoms with E-state index >= 15 is 0 Å². The Kier molecular flexibility index (Phi) is 2.88. The summed E-state index contributed by atoms with van der Waals surface area (Å²) in [5.74, 6) is -1.53. The lowest BCUT2D eigenvalue weighted by Crippen LogP contribution is -2.25. The van der Waals surface area contributed by atoms with Gasteiger partial charge in [0.05, 0.1) is 17.7 Å². The number of rotatable bonds is 3. The average Bonchev–Trinajstić information content (AvgIpc) is 2.74. The lowest BCUT2D eigenvalue weighted by atomic mass is 10.1. The maximum atomic E-state index is 11.4. The van der Waals surface area contributed by atoms with Gasteiger partial charge in [-0.3, -0.25) is 14.5 Å². The maximum absolute atomic E-state index is 11.4. The van der Waals surface area contributed by atoms with Crippen LogP contribution in [0.1, 0.15) is 20.7 Å². The van der Waals surface area contributed by atoms with Crippen molar-refractivity contribution in [2.75, 3.05) is 18.1 Å². The number of cyclic esters (lactones) is 1. The van der Waals surface area contributed by atoms with Gasteiger partial charge in [-0.2, -0.15) is 0 Å². The highest BCUT2D eigenvalue weighted by Crippen LogP contribution is 2.22. The van der Waals surface area contributed by atoms with Crippen molar-refractivity contribution in [3.63, 3.8) is 0 Å². The number of ether oxygens (including phenoxy) is 1. The number of primary amides is 2. The minimum atomic E-state index is -0.779. The van der Waals surface area contributed by atoms with Crippen LogP contribution in [0, 0.1) is 0 Å². The van der Waals surface area contributed by atoms with Gasteiger partial charge < -0.3 is 16.2 Å². The van der Waals surface area contributed by atoms with Crippen molar-refractivity contribution >= 4 is 23.6 Å². The minimum Gasteiger partial charge on any atom is -0.447 e. The van der Waals surface area contributed by atoms with E-state index in [4.69, 9.17) is 16.2 Å². The van der Waals surface area contributed by atoms with Crippen LogP contribution in [0.5, 0.6) is 0 Å². The molecule has 94 valence electrons. The molecule has 3 amide bonds. The number of nitrogens with zero attached hydrogens (tertiary/aromatic N) is 1. The molecular weight excluding hydrogens is 238 g/mol. The Hall–Kier alpha value is -2.57. The molecule has 4 N–H and O–H groups in total. The van der Waals surface area contributed by atoms with Crippen molar-refractivity contribution in [2.24, 2.45) is 11.5 Å². The lowest BCUT2D eigenvalue weighted by Gasteiger charge is -2.14. The summed E-state index contributed by atoms with van der Waals surface area (Å²) in [6.07, 6.45) is -0.503. The summed E-state index contributed by atoms with van der Waals surface area (Å²) in [5, 5.41) is 0. The van der Waals surface area contributed by atoms with E-state index in [1.165, 1.54) is 23.1 Å². The molecule has 0 aromatic heterocycles. The first-order chi connectivity index (χ1) is 8.50. The van der Waals surface area contributed by atoms with E-state index in [9.17, 15) is 14.4 Å². The highest BCUT2D eigenvalue weighted by molar-refractivity contribution is 6.07. The van der Waals surface area contributed by atoms with Gasteiger partial charge in [-0.25, -0.2) is 4.79 Å². The molecule has 0 unspecified atom stereocenters. The predicted molar refractivity (Wildman–Crippen MR) is 62.2 cm³/mol. The Bertz CT molecular complexity index is 541. The predicted octanol–water partition coefficient (Wildman–Crippen LogP) is -0.159. The van der Waals surface area contributed by atoms with Crippen LogP contribution < -0.4 is 16.4 Å². The van der Waals surface area contributed by atoms with Crippen LogP contribution in [-0.2, 0) is 4.74 Å². The second-order valence-electron chi connectivity index (χ2n) is 3.72. The Balaban J connectivity index is 2.46. The van der Waals surface area contributed by atoms with Crippen molar-refractivity contribution < 1.29 is 19.1 Å². The molecule has 18 heavy (non-hydrogen) atoms. The molecule has 1 heterocycles. The molecule has 0 spiro atoms. The van der Waals surface area contributed by atoms with Gasteiger partial charge in [0.25, 0.3) is 0 Å². The summed E-state index contributed by atoms with van der Waals surface area (Å²) in [4.78, 5) is 35.1. The van der Waals surface area contributed by atoms with Gasteiger partial charge in [0.2, 0.25) is 11.8 Å². The number of amides is 3. The smallest absolute Gasteiger partial charge is 0.414 e. The van der Waals surface area contributed by atoms with Gasteiger partial charge in [-0.05, 0) is 18.2 Å². The largest absolute Gasteiger partial charge is 0.447 e. The van der Waals surface area contributed by atoms with Crippen LogP contribution in [0.25, 0.3) is 0 Å². The Labute approximate surface area is 102 Å². The van der Waals surface area contributed by atoms with Crippen LogP contribution in [0.15, 0.2) is 18.2 Å². The number of anilines is 1. The zero-order chi connectivity index (χ0) is 13.3. The molecule has 0 radical (unpaired) electrons. The molecule has 7 nitrogen and oxygen atoms in total. The van der Waals surface area contributed by atoms with Gasteiger partial charge in [0.1, 0.15) is 6.61 Å². The fourth-order valence-electron chi connectivity index (χ4n) is 1.75. The summed E-state index contributed by atoms with van der Waals surface area (Å²) in [5.41, 5.74) is 10.8. The maximum Gasteiger partial charge on any atom is 0.414 e. The van der Waals surface area contributed by atoms with E-state index in [1.807, 2.05) is 0 Å². The minimum absolute atomic E-state index is 0.0142. The third-order valence-electron chi connectivity index (χ3n) is 2.61. The fraction of sp³-hybridized carbons (Fsp3) is 0.182. The molecule has 1 aromatic rings. The first-order valence-electron chi connectivity index (χ1n) is 5.18. The molecule has 1 saturated heterocycles. The van der Waals surface area contributed by atoms with E-state index in [0.29, 0.717) is 12.2 Å². The molecule has 7 heteroatoms. The van der Waals surface area contributed by atoms with Gasteiger partial charge in [0.15, 0.2) is 0 Å². The average molecular weight is 249 g/mol. The highest BCUT2D eigenvalue weighted by Gasteiger charge is 2.25. The lowest BCUT2D eigenvalue weighted by molar-refractivity contribution is 0.0967. The Morgan fingerprint density at radius 2 is 1.83 bits per heavy atom. The number of nitrogens with two attached hydrogens (primary N) is 2. The van der Waals surface area contributed by atoms with E-state index < -0.39 is 17.9 Å². The summed E-state index contributed by atoms with van der Waals surface area (Å²) in [6, 6.07) is 4.23. The molecule has 0 saturated carbocycles. The van der Waals surface area contributed by atoms with E-state index in [-0.39, 0.29) is 17.7 Å². The first-order valence-corrected chi connectivity index (χ1v) is 5.18. The number of benzene rings is 1. The fourth-order valence-corrected chi connectivity index (χ4v) is 1.75. The van der Waals surface area contributed by atoms with Gasteiger partial charge in [0, 0.05) is 5.69 Å². The zero-order valence-corrected chi connectivity index (χ0v) is 9.38. The summed E-state index contributed by atoms with van der Waals surface area (Å²) in [7, 11) is 0.